The number of benzene rings is 7. The summed E-state index contributed by atoms with van der Waals surface area (Å²) in [6.07, 6.45) is 0. The summed E-state index contributed by atoms with van der Waals surface area (Å²) in [6, 6.07) is 55.5. The molecule has 3 heterocycles. The van der Waals surface area contributed by atoms with E-state index in [2.05, 4.69) is 107 Å². The fourth-order valence-electron chi connectivity index (χ4n) is 7.88. The number of aromatic nitrogens is 5. The zero-order valence-corrected chi connectivity index (χ0v) is 26.8. The third kappa shape index (κ3) is 3.92. The first kappa shape index (κ1) is 27.1. The van der Waals surface area contributed by atoms with Gasteiger partial charge >= 0.3 is 0 Å². The van der Waals surface area contributed by atoms with Crippen LogP contribution in [-0.4, -0.2) is 24.5 Å². The second-order valence-electron chi connectivity index (χ2n) is 12.9. The molecule has 5 heteroatoms. The highest BCUT2D eigenvalue weighted by Gasteiger charge is 2.26. The number of hydrogen-bond donors (Lipinski definition) is 1. The first-order chi connectivity index (χ1) is 24.8. The largest absolute Gasteiger partial charge is 0.354 e. The van der Waals surface area contributed by atoms with Crippen molar-refractivity contribution in [3.05, 3.63) is 158 Å². The highest BCUT2D eigenvalue weighted by atomic mass is 15.2. The van der Waals surface area contributed by atoms with Crippen LogP contribution in [0.25, 0.3) is 106 Å². The predicted octanol–water partition coefficient (Wildman–Crippen LogP) is 11.3. The summed E-state index contributed by atoms with van der Waals surface area (Å²) in [5, 5.41) is 6.16. The van der Waals surface area contributed by atoms with Gasteiger partial charge in [-0.15, -0.1) is 0 Å². The molecule has 0 aliphatic heterocycles. The van der Waals surface area contributed by atoms with Crippen molar-refractivity contribution < 1.29 is 0 Å². The number of aromatic amines is 1. The highest BCUT2D eigenvalue weighted by Crippen LogP contribution is 2.50. The van der Waals surface area contributed by atoms with Crippen molar-refractivity contribution >= 4 is 43.5 Å². The lowest BCUT2D eigenvalue weighted by atomic mass is 9.98. The van der Waals surface area contributed by atoms with E-state index in [4.69, 9.17) is 15.0 Å². The topological polar surface area (TPSA) is 59.4 Å². The van der Waals surface area contributed by atoms with Gasteiger partial charge in [-0.05, 0) is 57.8 Å². The minimum absolute atomic E-state index is 0.592. The Morgan fingerprint density at radius 2 is 1.06 bits per heavy atom. The summed E-state index contributed by atoms with van der Waals surface area (Å²) in [4.78, 5) is 18.8. The standard InChI is InChI=1S/C45H27N5/c1-3-11-28(12-4-1)43-47-44(29-13-5-2-6-14-29)49-45(48-43)50-38-20-8-7-17-32(38)35-25-31(22-24-39(35)50)30-21-23-37-36(26-30)41-33-18-9-15-27-16-10-19-34(40(27)33)42(41)46-37/h1-26,46H. The molecule has 0 radical (unpaired) electrons. The number of H-pyrrole nitrogens is 1. The second-order valence-corrected chi connectivity index (χ2v) is 12.9. The van der Waals surface area contributed by atoms with Crippen LogP contribution in [0.2, 0.25) is 0 Å². The number of rotatable bonds is 4. The Bertz CT molecular complexity index is 2910. The Balaban J connectivity index is 1.10. The number of nitrogens with one attached hydrogen (secondary N) is 1. The molecule has 0 atom stereocenters. The maximum atomic E-state index is 5.08. The van der Waals surface area contributed by atoms with Crippen LogP contribution in [0.4, 0.5) is 0 Å². The van der Waals surface area contributed by atoms with Crippen molar-refractivity contribution in [3.8, 4) is 62.2 Å². The van der Waals surface area contributed by atoms with Crippen molar-refractivity contribution in [2.24, 2.45) is 0 Å². The van der Waals surface area contributed by atoms with Crippen molar-refractivity contribution in [1.29, 1.82) is 0 Å². The van der Waals surface area contributed by atoms with Crippen LogP contribution < -0.4 is 0 Å². The van der Waals surface area contributed by atoms with E-state index in [0.29, 0.717) is 17.6 Å². The normalized spacial score (nSPS) is 12.0. The average Bonchev–Trinajstić information content (AvgIpc) is 3.83. The van der Waals surface area contributed by atoms with Gasteiger partial charge in [0.05, 0.1) is 16.7 Å². The minimum atomic E-state index is 0.592. The monoisotopic (exact) mass is 637 g/mol. The SMILES string of the molecule is c1ccc(-c2nc(-c3ccccc3)nc(-n3c4ccccc4c4cc(-c5ccc6[nH]c7c(c6c5)-c5cccc6cccc-7c56)ccc43)n2)cc1. The summed E-state index contributed by atoms with van der Waals surface area (Å²) >= 11 is 0. The van der Waals surface area contributed by atoms with Crippen LogP contribution in [0.3, 0.4) is 0 Å². The van der Waals surface area contributed by atoms with E-state index in [1.54, 1.807) is 0 Å². The number of hydrogen-bond acceptors (Lipinski definition) is 3. The molecule has 10 aromatic rings. The maximum absolute atomic E-state index is 5.08. The van der Waals surface area contributed by atoms with Gasteiger partial charge in [-0.3, -0.25) is 4.57 Å². The molecular formula is C45H27N5. The molecule has 50 heavy (non-hydrogen) atoms. The molecule has 7 aromatic carbocycles. The maximum Gasteiger partial charge on any atom is 0.238 e. The molecule has 11 rings (SSSR count). The molecule has 1 aliphatic carbocycles. The number of fused-ring (bicyclic) bond motifs is 8. The van der Waals surface area contributed by atoms with E-state index in [1.165, 1.54) is 44.1 Å². The van der Waals surface area contributed by atoms with Gasteiger partial charge in [0, 0.05) is 43.9 Å². The molecule has 0 unspecified atom stereocenters. The van der Waals surface area contributed by atoms with E-state index in [-0.39, 0.29) is 0 Å². The summed E-state index contributed by atoms with van der Waals surface area (Å²) in [5.41, 5.74) is 12.6. The van der Waals surface area contributed by atoms with Crippen LogP contribution in [0.5, 0.6) is 0 Å². The van der Waals surface area contributed by atoms with E-state index < -0.39 is 0 Å². The Kier molecular flexibility index (Phi) is 5.60. The van der Waals surface area contributed by atoms with Gasteiger partial charge in [0.1, 0.15) is 0 Å². The molecular weight excluding hydrogens is 611 g/mol. The molecule has 1 N–H and O–H groups in total. The highest BCUT2D eigenvalue weighted by molar-refractivity contribution is 6.21. The molecule has 3 aromatic heterocycles. The fourth-order valence-corrected chi connectivity index (χ4v) is 7.88. The van der Waals surface area contributed by atoms with Crippen molar-refractivity contribution in [2.75, 3.05) is 0 Å². The lowest BCUT2D eigenvalue weighted by Gasteiger charge is -2.11. The first-order valence-electron chi connectivity index (χ1n) is 16.9. The Morgan fingerprint density at radius 1 is 0.440 bits per heavy atom. The van der Waals surface area contributed by atoms with Crippen LogP contribution in [0.1, 0.15) is 0 Å². The molecule has 232 valence electrons. The van der Waals surface area contributed by atoms with Crippen LogP contribution in [-0.2, 0) is 0 Å². The third-order valence-corrected chi connectivity index (χ3v) is 10.1. The summed E-state index contributed by atoms with van der Waals surface area (Å²) in [5.74, 6) is 1.87. The zero-order valence-electron chi connectivity index (χ0n) is 26.8. The van der Waals surface area contributed by atoms with E-state index in [9.17, 15) is 0 Å². The zero-order chi connectivity index (χ0) is 32.8. The summed E-state index contributed by atoms with van der Waals surface area (Å²) in [6.45, 7) is 0. The van der Waals surface area contributed by atoms with E-state index in [0.717, 1.165) is 44.0 Å². The van der Waals surface area contributed by atoms with Gasteiger partial charge in [-0.2, -0.15) is 9.97 Å². The van der Waals surface area contributed by atoms with Crippen LogP contribution in [0.15, 0.2) is 158 Å². The van der Waals surface area contributed by atoms with Gasteiger partial charge in [-0.25, -0.2) is 4.98 Å². The summed E-state index contributed by atoms with van der Waals surface area (Å²) < 4.78 is 2.18. The number of para-hydroxylation sites is 1. The molecule has 0 spiro atoms. The van der Waals surface area contributed by atoms with Gasteiger partial charge in [0.2, 0.25) is 5.95 Å². The quantitative estimate of drug-likeness (QED) is 0.209. The lowest BCUT2D eigenvalue weighted by molar-refractivity contribution is 0.953. The van der Waals surface area contributed by atoms with Gasteiger partial charge in [0.15, 0.2) is 11.6 Å². The Labute approximate surface area is 287 Å². The Hall–Kier alpha value is -6.85. The smallest absolute Gasteiger partial charge is 0.238 e. The van der Waals surface area contributed by atoms with Gasteiger partial charge < -0.3 is 4.98 Å². The van der Waals surface area contributed by atoms with Crippen molar-refractivity contribution in [1.82, 2.24) is 24.5 Å². The third-order valence-electron chi connectivity index (χ3n) is 10.1. The molecule has 1 aliphatic rings. The fraction of sp³-hybridized carbons (Fsp3) is 0. The van der Waals surface area contributed by atoms with Crippen molar-refractivity contribution in [3.63, 3.8) is 0 Å². The molecule has 0 saturated carbocycles. The minimum Gasteiger partial charge on any atom is -0.354 e. The van der Waals surface area contributed by atoms with E-state index in [1.807, 2.05) is 60.7 Å². The average molecular weight is 638 g/mol. The summed E-state index contributed by atoms with van der Waals surface area (Å²) in [7, 11) is 0. The predicted molar refractivity (Wildman–Crippen MR) is 204 cm³/mol. The van der Waals surface area contributed by atoms with Gasteiger partial charge in [0.25, 0.3) is 0 Å². The second kappa shape index (κ2) is 10.3. The van der Waals surface area contributed by atoms with Crippen LogP contribution in [0, 0.1) is 0 Å². The number of nitrogens with zero attached hydrogens (tertiary/aromatic N) is 4. The molecule has 0 bridgehead atoms. The molecule has 0 saturated heterocycles. The Morgan fingerprint density at radius 3 is 1.80 bits per heavy atom. The molecule has 0 fully saturated rings. The van der Waals surface area contributed by atoms with Crippen molar-refractivity contribution in [2.45, 2.75) is 0 Å². The van der Waals surface area contributed by atoms with E-state index >= 15 is 0 Å². The van der Waals surface area contributed by atoms with Crippen LogP contribution >= 0.6 is 0 Å². The first-order valence-corrected chi connectivity index (χ1v) is 16.9. The lowest BCUT2D eigenvalue weighted by Crippen LogP contribution is -2.06. The van der Waals surface area contributed by atoms with Gasteiger partial charge in [-0.1, -0.05) is 127 Å². The molecule has 0 amide bonds. The molecule has 5 nitrogen and oxygen atoms in total.